The molecule has 0 radical (unpaired) electrons. The van der Waals surface area contributed by atoms with Gasteiger partial charge in [-0.15, -0.1) is 0 Å². The summed E-state index contributed by atoms with van der Waals surface area (Å²) in [4.78, 5) is 4.13. The van der Waals surface area contributed by atoms with Gasteiger partial charge in [0.05, 0.1) is 6.20 Å². The number of aromatic hydroxyl groups is 1. The van der Waals surface area contributed by atoms with E-state index in [0.717, 1.165) is 30.8 Å². The first-order valence-electron chi connectivity index (χ1n) is 3.74. The molecule has 2 heterocycles. The van der Waals surface area contributed by atoms with Gasteiger partial charge in [0.15, 0.2) is 0 Å². The van der Waals surface area contributed by atoms with Gasteiger partial charge >= 0.3 is 0 Å². The van der Waals surface area contributed by atoms with Crippen LogP contribution >= 0.6 is 0 Å². The van der Waals surface area contributed by atoms with Crippen molar-refractivity contribution >= 4 is 0 Å². The molecule has 0 aliphatic carbocycles. The summed E-state index contributed by atoms with van der Waals surface area (Å²) in [5.41, 5.74) is 2.23. The minimum atomic E-state index is 0.257. The predicted octanol–water partition coefficient (Wildman–Crippen LogP) is 0.433. The van der Waals surface area contributed by atoms with Crippen LogP contribution in [-0.4, -0.2) is 16.6 Å². The number of nitrogens with one attached hydrogen (secondary N) is 1. The van der Waals surface area contributed by atoms with Crippen molar-refractivity contribution < 1.29 is 5.11 Å². The zero-order valence-corrected chi connectivity index (χ0v) is 6.17. The minimum absolute atomic E-state index is 0.257. The number of fused-ring (bicyclic) bond motifs is 1. The van der Waals surface area contributed by atoms with Crippen molar-refractivity contribution in [3.63, 3.8) is 0 Å². The van der Waals surface area contributed by atoms with Crippen molar-refractivity contribution in [1.29, 1.82) is 0 Å². The highest BCUT2D eigenvalue weighted by atomic mass is 16.3. The largest absolute Gasteiger partial charge is 0.506 e. The normalized spacial score (nSPS) is 16.0. The van der Waals surface area contributed by atoms with Crippen molar-refractivity contribution in [3.05, 3.63) is 23.5 Å². The van der Waals surface area contributed by atoms with E-state index in [1.165, 1.54) is 6.20 Å². The molecule has 0 saturated carbocycles. The van der Waals surface area contributed by atoms with Gasteiger partial charge in [-0.2, -0.15) is 0 Å². The van der Waals surface area contributed by atoms with Gasteiger partial charge < -0.3 is 10.4 Å². The van der Waals surface area contributed by atoms with Crippen molar-refractivity contribution in [3.8, 4) is 5.75 Å². The van der Waals surface area contributed by atoms with E-state index in [9.17, 15) is 0 Å². The Bertz CT molecular complexity index is 273. The molecular formula is C8H10N2O. The summed E-state index contributed by atoms with van der Waals surface area (Å²) < 4.78 is 0. The average molecular weight is 150 g/mol. The molecule has 3 heteroatoms. The predicted molar refractivity (Wildman–Crippen MR) is 41.3 cm³/mol. The van der Waals surface area contributed by atoms with E-state index in [1.807, 2.05) is 0 Å². The van der Waals surface area contributed by atoms with Gasteiger partial charge in [0.1, 0.15) is 5.75 Å². The van der Waals surface area contributed by atoms with Crippen LogP contribution in [-0.2, 0) is 13.0 Å². The van der Waals surface area contributed by atoms with Gasteiger partial charge in [-0.25, -0.2) is 0 Å². The summed E-state index contributed by atoms with van der Waals surface area (Å²) in [6.07, 6.45) is 2.47. The third-order valence-corrected chi connectivity index (χ3v) is 1.90. The molecule has 0 saturated heterocycles. The molecule has 0 aromatic carbocycles. The number of hydrogen-bond donors (Lipinski definition) is 2. The highest BCUT2D eigenvalue weighted by Gasteiger charge is 2.09. The smallest absolute Gasteiger partial charge is 0.134 e. The van der Waals surface area contributed by atoms with E-state index in [0.29, 0.717) is 0 Å². The van der Waals surface area contributed by atoms with Gasteiger partial charge in [0.2, 0.25) is 0 Å². The molecule has 1 aliphatic heterocycles. The van der Waals surface area contributed by atoms with E-state index < -0.39 is 0 Å². The highest BCUT2D eigenvalue weighted by Crippen LogP contribution is 2.15. The molecular weight excluding hydrogens is 140 g/mol. The monoisotopic (exact) mass is 150 g/mol. The van der Waals surface area contributed by atoms with E-state index in [4.69, 9.17) is 5.11 Å². The summed E-state index contributed by atoms with van der Waals surface area (Å²) in [6.45, 7) is 1.82. The quantitative estimate of drug-likeness (QED) is 0.564. The van der Waals surface area contributed by atoms with E-state index in [-0.39, 0.29) is 5.75 Å². The minimum Gasteiger partial charge on any atom is -0.506 e. The first-order chi connectivity index (χ1) is 5.36. The number of nitrogens with zero attached hydrogens (tertiary/aromatic N) is 1. The first kappa shape index (κ1) is 6.61. The molecule has 0 atom stereocenters. The van der Waals surface area contributed by atoms with Crippen LogP contribution in [0.3, 0.4) is 0 Å². The molecule has 1 aromatic rings. The van der Waals surface area contributed by atoms with Crippen LogP contribution in [0.5, 0.6) is 5.75 Å². The Morgan fingerprint density at radius 2 is 2.45 bits per heavy atom. The maximum absolute atomic E-state index is 9.10. The van der Waals surface area contributed by atoms with Gasteiger partial charge in [-0.05, 0) is 11.6 Å². The lowest BCUT2D eigenvalue weighted by Crippen LogP contribution is -2.24. The Hall–Kier alpha value is -1.09. The molecule has 0 amide bonds. The molecule has 0 unspecified atom stereocenters. The maximum atomic E-state index is 9.10. The Balaban J connectivity index is 2.43. The van der Waals surface area contributed by atoms with Crippen molar-refractivity contribution in [2.45, 2.75) is 13.0 Å². The second-order valence-electron chi connectivity index (χ2n) is 2.73. The molecule has 3 nitrogen and oxygen atoms in total. The fraction of sp³-hybridized carbons (Fsp3) is 0.375. The zero-order chi connectivity index (χ0) is 7.68. The Morgan fingerprint density at radius 1 is 1.55 bits per heavy atom. The average Bonchev–Trinajstić information content (AvgIpc) is 2.04. The molecule has 0 fully saturated rings. The molecule has 1 aromatic heterocycles. The van der Waals surface area contributed by atoms with Crippen LogP contribution < -0.4 is 5.32 Å². The molecule has 2 N–H and O–H groups in total. The molecule has 2 rings (SSSR count). The van der Waals surface area contributed by atoms with Crippen LogP contribution in [0.2, 0.25) is 0 Å². The van der Waals surface area contributed by atoms with Crippen molar-refractivity contribution in [1.82, 2.24) is 10.3 Å². The lowest BCUT2D eigenvalue weighted by Gasteiger charge is -2.15. The third-order valence-electron chi connectivity index (χ3n) is 1.90. The summed E-state index contributed by atoms with van der Waals surface area (Å²) >= 11 is 0. The van der Waals surface area contributed by atoms with Crippen LogP contribution in [0, 0.1) is 0 Å². The lowest BCUT2D eigenvalue weighted by atomic mass is 10.1. The van der Waals surface area contributed by atoms with E-state index in [2.05, 4.69) is 10.3 Å². The van der Waals surface area contributed by atoms with Gasteiger partial charge in [0, 0.05) is 25.2 Å². The number of aromatic nitrogens is 1. The maximum Gasteiger partial charge on any atom is 0.134 e. The van der Waals surface area contributed by atoms with E-state index in [1.54, 1.807) is 6.07 Å². The molecule has 0 spiro atoms. The molecule has 11 heavy (non-hydrogen) atoms. The first-order valence-corrected chi connectivity index (χ1v) is 3.74. The van der Waals surface area contributed by atoms with Gasteiger partial charge in [0.25, 0.3) is 0 Å². The van der Waals surface area contributed by atoms with Crippen LogP contribution in [0.1, 0.15) is 11.3 Å². The SMILES string of the molecule is Oc1cnc2c(c1)CNCC2. The summed E-state index contributed by atoms with van der Waals surface area (Å²) in [7, 11) is 0. The summed E-state index contributed by atoms with van der Waals surface area (Å²) in [6, 6.07) is 1.77. The van der Waals surface area contributed by atoms with Crippen LogP contribution in [0.4, 0.5) is 0 Å². The second kappa shape index (κ2) is 2.51. The number of pyridine rings is 1. The Labute approximate surface area is 65.1 Å². The highest BCUT2D eigenvalue weighted by molar-refractivity contribution is 5.29. The third kappa shape index (κ3) is 1.19. The van der Waals surface area contributed by atoms with Crippen LogP contribution in [0.15, 0.2) is 12.3 Å². The Morgan fingerprint density at radius 3 is 3.36 bits per heavy atom. The summed E-state index contributed by atoms with van der Waals surface area (Å²) in [5.74, 6) is 0.257. The summed E-state index contributed by atoms with van der Waals surface area (Å²) in [5, 5.41) is 12.3. The van der Waals surface area contributed by atoms with Gasteiger partial charge in [-0.1, -0.05) is 0 Å². The van der Waals surface area contributed by atoms with Crippen molar-refractivity contribution in [2.24, 2.45) is 0 Å². The number of rotatable bonds is 0. The molecule has 1 aliphatic rings. The molecule has 0 bridgehead atoms. The standard InChI is InChI=1S/C8H10N2O/c11-7-3-6-4-9-2-1-8(6)10-5-7/h3,5,9,11H,1-2,4H2. The lowest BCUT2D eigenvalue weighted by molar-refractivity contribution is 0.468. The number of hydrogen-bond acceptors (Lipinski definition) is 3. The molecule has 58 valence electrons. The van der Waals surface area contributed by atoms with E-state index >= 15 is 0 Å². The van der Waals surface area contributed by atoms with Crippen LogP contribution in [0.25, 0.3) is 0 Å². The second-order valence-corrected chi connectivity index (χ2v) is 2.73. The topological polar surface area (TPSA) is 45.2 Å². The van der Waals surface area contributed by atoms with Gasteiger partial charge in [-0.3, -0.25) is 4.98 Å². The van der Waals surface area contributed by atoms with Crippen molar-refractivity contribution in [2.75, 3.05) is 6.54 Å². The fourth-order valence-corrected chi connectivity index (χ4v) is 1.33. The Kier molecular flexibility index (Phi) is 1.51. The fourth-order valence-electron chi connectivity index (χ4n) is 1.33. The zero-order valence-electron chi connectivity index (χ0n) is 6.17.